The lowest BCUT2D eigenvalue weighted by molar-refractivity contribution is -0.150. The number of carbonyl (C=O) groups is 1. The van der Waals surface area contributed by atoms with E-state index in [1.54, 1.807) is 27.0 Å². The highest BCUT2D eigenvalue weighted by Crippen LogP contribution is 2.27. The molecule has 0 N–H and O–H groups in total. The van der Waals surface area contributed by atoms with E-state index in [-0.39, 0.29) is 5.97 Å². The Morgan fingerprint density at radius 2 is 2.00 bits per heavy atom. The van der Waals surface area contributed by atoms with E-state index < -0.39 is 6.10 Å². The van der Waals surface area contributed by atoms with Gasteiger partial charge in [0, 0.05) is 5.56 Å². The number of ether oxygens (including phenoxy) is 3. The molecule has 0 heterocycles. The highest BCUT2D eigenvalue weighted by molar-refractivity contribution is 5.74. The average Bonchev–Trinajstić information content (AvgIpc) is 2.32. The Morgan fingerprint density at radius 3 is 2.59 bits per heavy atom. The van der Waals surface area contributed by atoms with Gasteiger partial charge in [0.05, 0.1) is 13.7 Å². The zero-order chi connectivity index (χ0) is 12.8. The quantitative estimate of drug-likeness (QED) is 0.738. The fourth-order valence-electron chi connectivity index (χ4n) is 1.44. The number of hydrogen-bond donors (Lipinski definition) is 0. The van der Waals surface area contributed by atoms with Crippen LogP contribution in [0, 0.1) is 6.92 Å². The van der Waals surface area contributed by atoms with E-state index in [1.807, 2.05) is 19.1 Å². The maximum Gasteiger partial charge on any atom is 0.347 e. The first-order valence-corrected chi connectivity index (χ1v) is 5.57. The van der Waals surface area contributed by atoms with Crippen LogP contribution in [0.25, 0.3) is 0 Å². The van der Waals surface area contributed by atoms with Crippen molar-refractivity contribution in [3.05, 3.63) is 23.8 Å². The van der Waals surface area contributed by atoms with E-state index in [0.717, 1.165) is 11.3 Å². The number of esters is 1. The van der Waals surface area contributed by atoms with Crippen molar-refractivity contribution in [2.24, 2.45) is 0 Å². The smallest absolute Gasteiger partial charge is 0.347 e. The Labute approximate surface area is 101 Å². The molecule has 0 fully saturated rings. The van der Waals surface area contributed by atoms with Crippen LogP contribution < -0.4 is 9.47 Å². The number of benzene rings is 1. The van der Waals surface area contributed by atoms with Crippen LogP contribution in [-0.4, -0.2) is 25.8 Å². The molecule has 0 aliphatic carbocycles. The van der Waals surface area contributed by atoms with E-state index in [4.69, 9.17) is 14.2 Å². The van der Waals surface area contributed by atoms with Crippen LogP contribution in [0.5, 0.6) is 11.5 Å². The lowest BCUT2D eigenvalue weighted by atomic mass is 10.2. The van der Waals surface area contributed by atoms with Crippen molar-refractivity contribution in [2.75, 3.05) is 13.7 Å². The molecule has 0 amide bonds. The van der Waals surface area contributed by atoms with Gasteiger partial charge in [0.25, 0.3) is 0 Å². The van der Waals surface area contributed by atoms with Crippen molar-refractivity contribution in [3.63, 3.8) is 0 Å². The van der Waals surface area contributed by atoms with Crippen molar-refractivity contribution >= 4 is 5.97 Å². The minimum atomic E-state index is -0.624. The minimum Gasteiger partial charge on any atom is -0.496 e. The molecule has 4 heteroatoms. The van der Waals surface area contributed by atoms with E-state index in [9.17, 15) is 4.79 Å². The first kappa shape index (κ1) is 13.4. The van der Waals surface area contributed by atoms with E-state index >= 15 is 0 Å². The molecular formula is C13H18O4. The molecule has 1 rings (SSSR count). The number of carbonyl (C=O) groups excluding carboxylic acids is 1. The maximum absolute atomic E-state index is 11.4. The van der Waals surface area contributed by atoms with Crippen molar-refractivity contribution in [1.29, 1.82) is 0 Å². The van der Waals surface area contributed by atoms with Gasteiger partial charge < -0.3 is 14.2 Å². The molecule has 94 valence electrons. The van der Waals surface area contributed by atoms with Crippen LogP contribution in [0.3, 0.4) is 0 Å². The van der Waals surface area contributed by atoms with Crippen LogP contribution in [0.2, 0.25) is 0 Å². The highest BCUT2D eigenvalue weighted by atomic mass is 16.6. The fourth-order valence-corrected chi connectivity index (χ4v) is 1.44. The summed E-state index contributed by atoms with van der Waals surface area (Å²) in [5.74, 6) is 0.998. The lowest BCUT2D eigenvalue weighted by Crippen LogP contribution is -2.26. The maximum atomic E-state index is 11.4. The van der Waals surface area contributed by atoms with Crippen LogP contribution in [-0.2, 0) is 9.53 Å². The summed E-state index contributed by atoms with van der Waals surface area (Å²) in [7, 11) is 1.60. The third-order valence-corrected chi connectivity index (χ3v) is 2.38. The summed E-state index contributed by atoms with van der Waals surface area (Å²) in [6.07, 6.45) is -0.624. The SMILES string of the molecule is CCOC(=O)[C@@H](C)Oc1cccc(OC)c1C. The number of hydrogen-bond acceptors (Lipinski definition) is 4. The van der Waals surface area contributed by atoms with Crippen molar-refractivity contribution in [2.45, 2.75) is 26.9 Å². The monoisotopic (exact) mass is 238 g/mol. The van der Waals surface area contributed by atoms with Gasteiger partial charge in [-0.25, -0.2) is 4.79 Å². The average molecular weight is 238 g/mol. The zero-order valence-electron chi connectivity index (χ0n) is 10.6. The molecule has 0 radical (unpaired) electrons. The van der Waals surface area contributed by atoms with Crippen LogP contribution in [0.1, 0.15) is 19.4 Å². The largest absolute Gasteiger partial charge is 0.496 e. The molecule has 17 heavy (non-hydrogen) atoms. The summed E-state index contributed by atoms with van der Waals surface area (Å²) in [5, 5.41) is 0. The van der Waals surface area contributed by atoms with Gasteiger partial charge in [0.1, 0.15) is 11.5 Å². The molecule has 0 aromatic heterocycles. The molecule has 0 bridgehead atoms. The molecule has 0 saturated heterocycles. The van der Waals surface area contributed by atoms with E-state index in [1.165, 1.54) is 0 Å². The second kappa shape index (κ2) is 6.13. The van der Waals surface area contributed by atoms with Gasteiger partial charge in [0.15, 0.2) is 6.10 Å². The van der Waals surface area contributed by atoms with Crippen LogP contribution in [0.4, 0.5) is 0 Å². The molecule has 0 aliphatic rings. The third-order valence-electron chi connectivity index (χ3n) is 2.38. The predicted molar refractivity (Wildman–Crippen MR) is 64.5 cm³/mol. The van der Waals surface area contributed by atoms with Crippen molar-refractivity contribution in [1.82, 2.24) is 0 Å². The van der Waals surface area contributed by atoms with Gasteiger partial charge >= 0.3 is 5.97 Å². The topological polar surface area (TPSA) is 44.8 Å². The van der Waals surface area contributed by atoms with Gasteiger partial charge in [-0.05, 0) is 32.9 Å². The molecule has 0 spiro atoms. The Morgan fingerprint density at radius 1 is 1.35 bits per heavy atom. The standard InChI is InChI=1S/C13H18O4/c1-5-16-13(14)10(3)17-12-8-6-7-11(15-4)9(12)2/h6-8,10H,5H2,1-4H3/t10-/m1/s1. The van der Waals surface area contributed by atoms with E-state index in [0.29, 0.717) is 12.4 Å². The molecule has 1 atom stereocenters. The summed E-state index contributed by atoms with van der Waals surface area (Å²) >= 11 is 0. The van der Waals surface area contributed by atoms with Crippen LogP contribution in [0.15, 0.2) is 18.2 Å². The molecule has 0 saturated carbocycles. The second-order valence-corrected chi connectivity index (χ2v) is 3.60. The zero-order valence-corrected chi connectivity index (χ0v) is 10.6. The van der Waals surface area contributed by atoms with E-state index in [2.05, 4.69) is 0 Å². The minimum absolute atomic E-state index is 0.351. The Balaban J connectivity index is 2.78. The first-order valence-electron chi connectivity index (χ1n) is 5.57. The summed E-state index contributed by atoms with van der Waals surface area (Å²) < 4.78 is 15.6. The first-order chi connectivity index (χ1) is 8.10. The summed E-state index contributed by atoms with van der Waals surface area (Å²) in [5.41, 5.74) is 0.867. The van der Waals surface area contributed by atoms with Gasteiger partial charge in [-0.15, -0.1) is 0 Å². The number of rotatable bonds is 5. The fraction of sp³-hybridized carbons (Fsp3) is 0.462. The van der Waals surface area contributed by atoms with Crippen LogP contribution >= 0.6 is 0 Å². The molecule has 4 nitrogen and oxygen atoms in total. The number of methoxy groups -OCH3 is 1. The van der Waals surface area contributed by atoms with Gasteiger partial charge in [0.2, 0.25) is 0 Å². The predicted octanol–water partition coefficient (Wildman–Crippen LogP) is 2.33. The summed E-state index contributed by atoms with van der Waals surface area (Å²) in [6, 6.07) is 5.46. The molecular weight excluding hydrogens is 220 g/mol. The normalized spacial score (nSPS) is 11.8. The third kappa shape index (κ3) is 3.37. The Bertz CT molecular complexity index is 387. The summed E-state index contributed by atoms with van der Waals surface area (Å²) in [6.45, 7) is 5.66. The Hall–Kier alpha value is -1.71. The highest BCUT2D eigenvalue weighted by Gasteiger charge is 2.17. The lowest BCUT2D eigenvalue weighted by Gasteiger charge is -2.16. The second-order valence-electron chi connectivity index (χ2n) is 3.60. The Kier molecular flexibility index (Phi) is 4.82. The van der Waals surface area contributed by atoms with Gasteiger partial charge in [-0.1, -0.05) is 6.07 Å². The molecule has 0 unspecified atom stereocenters. The van der Waals surface area contributed by atoms with Gasteiger partial charge in [-0.2, -0.15) is 0 Å². The summed E-state index contributed by atoms with van der Waals surface area (Å²) in [4.78, 5) is 11.4. The van der Waals surface area contributed by atoms with Gasteiger partial charge in [-0.3, -0.25) is 0 Å². The molecule has 1 aromatic carbocycles. The molecule has 0 aliphatic heterocycles. The molecule has 1 aromatic rings. The van der Waals surface area contributed by atoms with Crippen molar-refractivity contribution in [3.8, 4) is 11.5 Å². The van der Waals surface area contributed by atoms with Crippen molar-refractivity contribution < 1.29 is 19.0 Å².